The maximum atomic E-state index is 12.3. The van der Waals surface area contributed by atoms with Crippen molar-refractivity contribution in [1.82, 2.24) is 19.7 Å². The Balaban J connectivity index is 1.19. The van der Waals surface area contributed by atoms with Crippen LogP contribution in [0.1, 0.15) is 62.3 Å². The Hall–Kier alpha value is -1.88. The lowest BCUT2D eigenvalue weighted by Crippen LogP contribution is -2.34. The molecule has 1 aliphatic heterocycles. The van der Waals surface area contributed by atoms with E-state index in [-0.39, 0.29) is 5.69 Å². The van der Waals surface area contributed by atoms with E-state index in [2.05, 4.69) is 40.7 Å². The van der Waals surface area contributed by atoms with E-state index in [1.54, 1.807) is 4.68 Å². The molecule has 1 saturated carbocycles. The molecule has 4 rings (SSSR count). The van der Waals surface area contributed by atoms with Crippen molar-refractivity contribution in [3.63, 3.8) is 0 Å². The number of hydrogen-bond donors (Lipinski definition) is 1. The predicted molar refractivity (Wildman–Crippen MR) is 103 cm³/mol. The van der Waals surface area contributed by atoms with Crippen LogP contribution in [0.4, 0.5) is 0 Å². The number of fused-ring (bicyclic) bond motifs is 1. The van der Waals surface area contributed by atoms with Gasteiger partial charge in [0.05, 0.1) is 0 Å². The van der Waals surface area contributed by atoms with Gasteiger partial charge in [0.15, 0.2) is 0 Å². The van der Waals surface area contributed by atoms with Gasteiger partial charge < -0.3 is 5.32 Å². The van der Waals surface area contributed by atoms with Gasteiger partial charge in [0.2, 0.25) is 0 Å². The van der Waals surface area contributed by atoms with Gasteiger partial charge in [0.1, 0.15) is 5.82 Å². The summed E-state index contributed by atoms with van der Waals surface area (Å²) in [5, 5.41) is 8.21. The minimum absolute atomic E-state index is 0.0862. The SMILES string of the molecule is O=c1n(CCCNC2CCC(c3ccccc3)CC2)nc2n1CCCC2. The molecule has 0 unspecified atom stereocenters. The summed E-state index contributed by atoms with van der Waals surface area (Å²) in [5.74, 6) is 1.71. The fourth-order valence-corrected chi connectivity index (χ4v) is 4.49. The summed E-state index contributed by atoms with van der Waals surface area (Å²) in [4.78, 5) is 12.3. The van der Waals surface area contributed by atoms with Crippen LogP contribution in [0.5, 0.6) is 0 Å². The Morgan fingerprint density at radius 3 is 2.65 bits per heavy atom. The van der Waals surface area contributed by atoms with Gasteiger partial charge in [-0.25, -0.2) is 9.48 Å². The molecule has 1 N–H and O–H groups in total. The van der Waals surface area contributed by atoms with E-state index in [0.29, 0.717) is 6.04 Å². The normalized spacial score (nSPS) is 22.9. The standard InChI is InChI=1S/C21H30N4O/c26-21-24-15-5-4-9-20(24)23-25(21)16-6-14-22-19-12-10-18(11-13-19)17-7-2-1-3-8-17/h1-3,7-8,18-19,22H,4-6,9-16H2. The molecule has 1 aliphatic carbocycles. The molecule has 0 amide bonds. The number of nitrogens with one attached hydrogen (secondary N) is 1. The number of rotatable bonds is 6. The van der Waals surface area contributed by atoms with Crippen molar-refractivity contribution >= 4 is 0 Å². The third-order valence-corrected chi connectivity index (χ3v) is 6.01. The summed E-state index contributed by atoms with van der Waals surface area (Å²) < 4.78 is 3.54. The van der Waals surface area contributed by atoms with E-state index in [0.717, 1.165) is 57.1 Å². The van der Waals surface area contributed by atoms with Crippen molar-refractivity contribution in [3.8, 4) is 0 Å². The quantitative estimate of drug-likeness (QED) is 0.811. The molecular weight excluding hydrogens is 324 g/mol. The minimum atomic E-state index is 0.0862. The van der Waals surface area contributed by atoms with Crippen LogP contribution in [-0.4, -0.2) is 26.9 Å². The Morgan fingerprint density at radius 2 is 1.88 bits per heavy atom. The van der Waals surface area contributed by atoms with E-state index in [1.165, 1.54) is 31.2 Å². The number of benzene rings is 1. The van der Waals surface area contributed by atoms with E-state index >= 15 is 0 Å². The van der Waals surface area contributed by atoms with Crippen LogP contribution < -0.4 is 11.0 Å². The predicted octanol–water partition coefficient (Wildman–Crippen LogP) is 3.09. The first kappa shape index (κ1) is 17.5. The van der Waals surface area contributed by atoms with Crippen molar-refractivity contribution in [1.29, 1.82) is 0 Å². The Bertz CT molecular complexity index is 756. The lowest BCUT2D eigenvalue weighted by atomic mass is 9.82. The fourth-order valence-electron chi connectivity index (χ4n) is 4.49. The van der Waals surface area contributed by atoms with Gasteiger partial charge in [-0.05, 0) is 63.0 Å². The van der Waals surface area contributed by atoms with E-state index in [9.17, 15) is 4.79 Å². The van der Waals surface area contributed by atoms with Crippen LogP contribution in [0, 0.1) is 0 Å². The van der Waals surface area contributed by atoms with E-state index in [4.69, 9.17) is 0 Å². The minimum Gasteiger partial charge on any atom is -0.314 e. The Kier molecular flexibility index (Phi) is 5.54. The second-order valence-electron chi connectivity index (χ2n) is 7.80. The highest BCUT2D eigenvalue weighted by molar-refractivity contribution is 5.20. The average Bonchev–Trinajstić information content (AvgIpc) is 3.02. The number of aryl methyl sites for hydroxylation is 2. The third-order valence-electron chi connectivity index (χ3n) is 6.01. The maximum absolute atomic E-state index is 12.3. The molecule has 2 aliphatic rings. The van der Waals surface area contributed by atoms with Crippen molar-refractivity contribution in [2.45, 2.75) is 76.4 Å². The van der Waals surface area contributed by atoms with E-state index in [1.807, 2.05) is 4.57 Å². The maximum Gasteiger partial charge on any atom is 0.345 e. The highest BCUT2D eigenvalue weighted by Gasteiger charge is 2.22. The highest BCUT2D eigenvalue weighted by atomic mass is 16.2. The van der Waals surface area contributed by atoms with Crippen LogP contribution in [0.25, 0.3) is 0 Å². The Labute approximate surface area is 155 Å². The largest absolute Gasteiger partial charge is 0.345 e. The zero-order valence-corrected chi connectivity index (χ0v) is 15.6. The molecule has 0 atom stereocenters. The van der Waals surface area contributed by atoms with Gasteiger partial charge >= 0.3 is 5.69 Å². The van der Waals surface area contributed by atoms with E-state index < -0.39 is 0 Å². The molecule has 1 fully saturated rings. The molecule has 1 aromatic heterocycles. The molecule has 0 bridgehead atoms. The van der Waals surface area contributed by atoms with Gasteiger partial charge in [-0.15, -0.1) is 0 Å². The second-order valence-corrected chi connectivity index (χ2v) is 7.80. The average molecular weight is 354 g/mol. The lowest BCUT2D eigenvalue weighted by molar-refractivity contribution is 0.338. The first-order valence-electron chi connectivity index (χ1n) is 10.3. The molecule has 0 radical (unpaired) electrons. The summed E-state index contributed by atoms with van der Waals surface area (Å²) in [6.07, 6.45) is 9.22. The number of aromatic nitrogens is 3. The van der Waals surface area contributed by atoms with Crippen LogP contribution in [0.3, 0.4) is 0 Å². The van der Waals surface area contributed by atoms with Gasteiger partial charge in [-0.1, -0.05) is 30.3 Å². The van der Waals surface area contributed by atoms with Crippen LogP contribution >= 0.6 is 0 Å². The molecule has 26 heavy (non-hydrogen) atoms. The van der Waals surface area contributed by atoms with Gasteiger partial charge in [-0.3, -0.25) is 4.57 Å². The molecule has 0 saturated heterocycles. The molecular formula is C21H30N4O. The summed E-state index contributed by atoms with van der Waals surface area (Å²) >= 11 is 0. The van der Waals surface area contributed by atoms with Crippen LogP contribution in [0.2, 0.25) is 0 Å². The molecule has 5 heteroatoms. The fraction of sp³-hybridized carbons (Fsp3) is 0.619. The molecule has 5 nitrogen and oxygen atoms in total. The van der Waals surface area contributed by atoms with Crippen LogP contribution in [-0.2, 0) is 19.5 Å². The molecule has 1 aromatic carbocycles. The summed E-state index contributed by atoms with van der Waals surface area (Å²) in [5.41, 5.74) is 1.58. The third kappa shape index (κ3) is 3.93. The van der Waals surface area contributed by atoms with Crippen molar-refractivity contribution in [3.05, 3.63) is 52.2 Å². The van der Waals surface area contributed by atoms with Crippen molar-refractivity contribution in [2.24, 2.45) is 0 Å². The van der Waals surface area contributed by atoms with Gasteiger partial charge in [-0.2, -0.15) is 5.10 Å². The highest BCUT2D eigenvalue weighted by Crippen LogP contribution is 2.32. The van der Waals surface area contributed by atoms with Crippen molar-refractivity contribution in [2.75, 3.05) is 6.54 Å². The van der Waals surface area contributed by atoms with Crippen molar-refractivity contribution < 1.29 is 0 Å². The monoisotopic (exact) mass is 354 g/mol. The lowest BCUT2D eigenvalue weighted by Gasteiger charge is -2.29. The zero-order valence-electron chi connectivity index (χ0n) is 15.6. The smallest absolute Gasteiger partial charge is 0.314 e. The number of nitrogens with zero attached hydrogens (tertiary/aromatic N) is 3. The molecule has 140 valence electrons. The zero-order chi connectivity index (χ0) is 17.8. The van der Waals surface area contributed by atoms with Gasteiger partial charge in [0.25, 0.3) is 0 Å². The van der Waals surface area contributed by atoms with Gasteiger partial charge in [0, 0.05) is 25.6 Å². The summed E-state index contributed by atoms with van der Waals surface area (Å²) in [6.45, 7) is 2.54. The first-order valence-corrected chi connectivity index (χ1v) is 10.3. The Morgan fingerprint density at radius 1 is 1.08 bits per heavy atom. The topological polar surface area (TPSA) is 51.9 Å². The van der Waals surface area contributed by atoms with Crippen LogP contribution in [0.15, 0.2) is 35.1 Å². The molecule has 0 spiro atoms. The number of hydrogen-bond acceptors (Lipinski definition) is 3. The molecule has 2 heterocycles. The summed E-state index contributed by atoms with van der Waals surface area (Å²) in [7, 11) is 0. The first-order chi connectivity index (χ1) is 12.8. The summed E-state index contributed by atoms with van der Waals surface area (Å²) in [6, 6.07) is 11.5. The molecule has 2 aromatic rings. The second kappa shape index (κ2) is 8.21.